The molecule has 1 aliphatic heterocycles. The molecule has 0 spiro atoms. The van der Waals surface area contributed by atoms with Crippen molar-refractivity contribution in [3.05, 3.63) is 11.6 Å². The van der Waals surface area contributed by atoms with Gasteiger partial charge in [-0.2, -0.15) is 0 Å². The van der Waals surface area contributed by atoms with Gasteiger partial charge in [0.1, 0.15) is 0 Å². The van der Waals surface area contributed by atoms with E-state index in [0.717, 1.165) is 57.4 Å². The molecule has 1 aliphatic rings. The summed E-state index contributed by atoms with van der Waals surface area (Å²) in [6.07, 6.45) is 2.97. The summed E-state index contributed by atoms with van der Waals surface area (Å²) in [7, 11) is 1.75. The quantitative estimate of drug-likeness (QED) is 0.732. The van der Waals surface area contributed by atoms with E-state index in [9.17, 15) is 0 Å². The maximum absolute atomic E-state index is 5.05. The molecule has 1 aromatic heterocycles. The van der Waals surface area contributed by atoms with Crippen LogP contribution in [0.25, 0.3) is 0 Å². The lowest BCUT2D eigenvalue weighted by Crippen LogP contribution is -2.52. The molecule has 2 heterocycles. The van der Waals surface area contributed by atoms with Gasteiger partial charge in [-0.3, -0.25) is 4.90 Å². The first-order valence-electron chi connectivity index (χ1n) is 7.39. The van der Waals surface area contributed by atoms with Gasteiger partial charge >= 0.3 is 0 Å². The molecule has 1 unspecified atom stereocenters. The Morgan fingerprint density at radius 2 is 2.20 bits per heavy atom. The van der Waals surface area contributed by atoms with Crippen LogP contribution in [0, 0.1) is 0 Å². The Hall–Kier alpha value is -0.690. The highest BCUT2D eigenvalue weighted by Gasteiger charge is 2.21. The first kappa shape index (κ1) is 15.7. The number of nitrogens with one attached hydrogen (secondary N) is 1. The minimum absolute atomic E-state index is 0.594. The number of hydrogen-bond acceptors (Lipinski definition) is 6. The zero-order valence-electron chi connectivity index (χ0n) is 12.5. The molecule has 20 heavy (non-hydrogen) atoms. The van der Waals surface area contributed by atoms with Crippen LogP contribution in [0.4, 0.5) is 5.13 Å². The summed E-state index contributed by atoms with van der Waals surface area (Å²) in [5.41, 5.74) is 0. The number of anilines is 1. The van der Waals surface area contributed by atoms with Gasteiger partial charge in [-0.05, 0) is 19.9 Å². The second kappa shape index (κ2) is 8.56. The lowest BCUT2D eigenvalue weighted by atomic mass is 10.2. The molecule has 1 saturated heterocycles. The van der Waals surface area contributed by atoms with Crippen molar-refractivity contribution in [3.8, 4) is 0 Å². The highest BCUT2D eigenvalue weighted by atomic mass is 32.1. The van der Waals surface area contributed by atoms with Gasteiger partial charge in [-0.15, -0.1) is 11.3 Å². The zero-order chi connectivity index (χ0) is 14.2. The maximum Gasteiger partial charge on any atom is 0.185 e. The summed E-state index contributed by atoms with van der Waals surface area (Å²) in [5, 5.41) is 6.72. The number of thiazole rings is 1. The molecule has 1 aromatic rings. The van der Waals surface area contributed by atoms with E-state index in [2.05, 4.69) is 27.0 Å². The minimum Gasteiger partial charge on any atom is -0.385 e. The predicted octanol–water partition coefficient (Wildman–Crippen LogP) is 1.28. The molecule has 0 aliphatic carbocycles. The van der Waals surface area contributed by atoms with Crippen LogP contribution in [-0.2, 0) is 4.74 Å². The summed E-state index contributed by atoms with van der Waals surface area (Å²) in [6.45, 7) is 9.67. The van der Waals surface area contributed by atoms with E-state index in [1.807, 2.05) is 11.6 Å². The van der Waals surface area contributed by atoms with E-state index in [1.165, 1.54) is 0 Å². The summed E-state index contributed by atoms with van der Waals surface area (Å²) >= 11 is 1.73. The van der Waals surface area contributed by atoms with E-state index < -0.39 is 0 Å². The third-order valence-electron chi connectivity index (χ3n) is 3.77. The number of rotatable bonds is 8. The van der Waals surface area contributed by atoms with Gasteiger partial charge in [0, 0.05) is 64.1 Å². The largest absolute Gasteiger partial charge is 0.385 e. The van der Waals surface area contributed by atoms with Crippen LogP contribution < -0.4 is 10.2 Å². The summed E-state index contributed by atoms with van der Waals surface area (Å²) in [6, 6.07) is 0.594. The van der Waals surface area contributed by atoms with Gasteiger partial charge in [0.25, 0.3) is 0 Å². The molecule has 0 aromatic carbocycles. The van der Waals surface area contributed by atoms with Crippen molar-refractivity contribution in [1.82, 2.24) is 15.2 Å². The Labute approximate surface area is 125 Å². The number of nitrogens with zero attached hydrogens (tertiary/aromatic N) is 3. The van der Waals surface area contributed by atoms with Crippen LogP contribution in [0.15, 0.2) is 11.6 Å². The Bertz CT molecular complexity index is 352. The Balaban J connectivity index is 1.63. The second-order valence-corrected chi connectivity index (χ2v) is 6.11. The third-order valence-corrected chi connectivity index (χ3v) is 4.60. The van der Waals surface area contributed by atoms with E-state index in [0.29, 0.717) is 6.04 Å². The van der Waals surface area contributed by atoms with Crippen LogP contribution in [0.2, 0.25) is 0 Å². The van der Waals surface area contributed by atoms with E-state index in [-0.39, 0.29) is 0 Å². The third kappa shape index (κ3) is 4.70. The van der Waals surface area contributed by atoms with Crippen molar-refractivity contribution in [2.45, 2.75) is 19.4 Å². The van der Waals surface area contributed by atoms with E-state index in [1.54, 1.807) is 18.4 Å². The standard InChI is InChI=1S/C14H26N4OS/c1-13(12-15-4-3-10-19-2)17-6-8-18(9-7-17)14-16-5-11-20-14/h5,11,13,15H,3-4,6-10,12H2,1-2H3. The van der Waals surface area contributed by atoms with Crippen LogP contribution in [0.5, 0.6) is 0 Å². The molecule has 114 valence electrons. The van der Waals surface area contributed by atoms with Gasteiger partial charge in [-0.25, -0.2) is 4.98 Å². The first-order chi connectivity index (χ1) is 9.81. The van der Waals surface area contributed by atoms with Crippen LogP contribution in [-0.4, -0.2) is 68.9 Å². The van der Waals surface area contributed by atoms with E-state index >= 15 is 0 Å². The minimum atomic E-state index is 0.594. The Kier molecular flexibility index (Phi) is 6.72. The van der Waals surface area contributed by atoms with Gasteiger partial charge in [0.05, 0.1) is 0 Å². The van der Waals surface area contributed by atoms with E-state index in [4.69, 9.17) is 4.74 Å². The highest BCUT2D eigenvalue weighted by Crippen LogP contribution is 2.19. The smallest absolute Gasteiger partial charge is 0.185 e. The fourth-order valence-electron chi connectivity index (χ4n) is 2.51. The van der Waals surface area contributed by atoms with Gasteiger partial charge < -0.3 is 15.0 Å². The first-order valence-corrected chi connectivity index (χ1v) is 8.27. The second-order valence-electron chi connectivity index (χ2n) is 5.24. The number of hydrogen-bond donors (Lipinski definition) is 1. The number of piperazine rings is 1. The van der Waals surface area contributed by atoms with Crippen LogP contribution in [0.1, 0.15) is 13.3 Å². The molecule has 6 heteroatoms. The van der Waals surface area contributed by atoms with Crippen LogP contribution >= 0.6 is 11.3 Å². The Morgan fingerprint density at radius 1 is 1.40 bits per heavy atom. The normalized spacial score (nSPS) is 18.4. The molecule has 1 N–H and O–H groups in total. The van der Waals surface area contributed by atoms with Crippen molar-refractivity contribution < 1.29 is 4.74 Å². The topological polar surface area (TPSA) is 40.6 Å². The average Bonchev–Trinajstić information content (AvgIpc) is 3.01. The SMILES string of the molecule is COCCCNCC(C)N1CCN(c2nccs2)CC1. The molecule has 5 nitrogen and oxygen atoms in total. The van der Waals surface area contributed by atoms with Crippen molar-refractivity contribution >= 4 is 16.5 Å². The number of ether oxygens (including phenoxy) is 1. The number of aromatic nitrogens is 1. The lowest BCUT2D eigenvalue weighted by molar-refractivity contribution is 0.182. The predicted molar refractivity (Wildman–Crippen MR) is 84.7 cm³/mol. The van der Waals surface area contributed by atoms with Gasteiger partial charge in [0.15, 0.2) is 5.13 Å². The fraction of sp³-hybridized carbons (Fsp3) is 0.786. The monoisotopic (exact) mass is 298 g/mol. The van der Waals surface area contributed by atoms with Crippen molar-refractivity contribution in [2.24, 2.45) is 0 Å². The average molecular weight is 298 g/mol. The van der Waals surface area contributed by atoms with Crippen molar-refractivity contribution in [1.29, 1.82) is 0 Å². The molecule has 0 bridgehead atoms. The summed E-state index contributed by atoms with van der Waals surface area (Å²) < 4.78 is 5.05. The maximum atomic E-state index is 5.05. The molecule has 1 fully saturated rings. The summed E-state index contributed by atoms with van der Waals surface area (Å²) in [4.78, 5) is 9.34. The van der Waals surface area contributed by atoms with Crippen molar-refractivity contribution in [3.63, 3.8) is 0 Å². The molecule has 2 rings (SSSR count). The number of methoxy groups -OCH3 is 1. The van der Waals surface area contributed by atoms with Crippen molar-refractivity contribution in [2.75, 3.05) is 57.9 Å². The van der Waals surface area contributed by atoms with Crippen LogP contribution in [0.3, 0.4) is 0 Å². The molecular formula is C14H26N4OS. The fourth-order valence-corrected chi connectivity index (χ4v) is 3.20. The molecule has 0 saturated carbocycles. The zero-order valence-corrected chi connectivity index (χ0v) is 13.4. The lowest BCUT2D eigenvalue weighted by Gasteiger charge is -2.38. The Morgan fingerprint density at radius 3 is 2.85 bits per heavy atom. The molecule has 0 amide bonds. The van der Waals surface area contributed by atoms with Gasteiger partial charge in [0.2, 0.25) is 0 Å². The van der Waals surface area contributed by atoms with Gasteiger partial charge in [-0.1, -0.05) is 0 Å². The molecular weight excluding hydrogens is 272 g/mol. The highest BCUT2D eigenvalue weighted by molar-refractivity contribution is 7.13. The summed E-state index contributed by atoms with van der Waals surface area (Å²) in [5.74, 6) is 0. The molecule has 0 radical (unpaired) electrons. The molecule has 1 atom stereocenters.